The number of carboxylic acid groups (broad SMARTS) is 2. The molecule has 1 aromatic rings. The lowest BCUT2D eigenvalue weighted by Gasteiger charge is -2.36. The van der Waals surface area contributed by atoms with Crippen LogP contribution in [0.3, 0.4) is 0 Å². The number of rotatable bonds is 5. The summed E-state index contributed by atoms with van der Waals surface area (Å²) in [5, 5.41) is 18.5. The van der Waals surface area contributed by atoms with Crippen molar-refractivity contribution in [3.8, 4) is 0 Å². The second kappa shape index (κ2) is 6.64. The van der Waals surface area contributed by atoms with E-state index in [0.717, 1.165) is 4.90 Å². The smallest absolute Gasteiger partial charge is 0.320 e. The van der Waals surface area contributed by atoms with Crippen molar-refractivity contribution in [2.45, 2.75) is 18.9 Å². The van der Waals surface area contributed by atoms with Gasteiger partial charge in [0.05, 0.1) is 17.0 Å². The van der Waals surface area contributed by atoms with E-state index in [1.54, 1.807) is 24.3 Å². The lowest BCUT2D eigenvalue weighted by molar-refractivity contribution is -0.151. The van der Waals surface area contributed by atoms with Gasteiger partial charge in [-0.2, -0.15) is 0 Å². The normalized spacial score (nSPS) is 23.6. The van der Waals surface area contributed by atoms with Crippen molar-refractivity contribution in [1.82, 2.24) is 9.80 Å². The van der Waals surface area contributed by atoms with Gasteiger partial charge in [0.25, 0.3) is 11.8 Å². The average molecular weight is 346 g/mol. The molecule has 0 bridgehead atoms. The molecule has 2 unspecified atom stereocenters. The number of benzene rings is 1. The number of nitrogens with zero attached hydrogens (tertiary/aromatic N) is 2. The summed E-state index contributed by atoms with van der Waals surface area (Å²) in [6.07, 6.45) is 0.532. The highest BCUT2D eigenvalue weighted by Crippen LogP contribution is 2.25. The van der Waals surface area contributed by atoms with Gasteiger partial charge in [0.2, 0.25) is 0 Å². The summed E-state index contributed by atoms with van der Waals surface area (Å²) in [4.78, 5) is 49.9. The second-order valence-corrected chi connectivity index (χ2v) is 6.27. The molecule has 0 aliphatic carbocycles. The van der Waals surface area contributed by atoms with Crippen LogP contribution in [-0.4, -0.2) is 69.4 Å². The molecule has 2 aliphatic heterocycles. The summed E-state index contributed by atoms with van der Waals surface area (Å²) in [7, 11) is 0. The number of hydrogen-bond acceptors (Lipinski definition) is 5. The van der Waals surface area contributed by atoms with Crippen LogP contribution in [0, 0.1) is 5.92 Å². The van der Waals surface area contributed by atoms with E-state index in [1.165, 1.54) is 4.90 Å². The maximum Gasteiger partial charge on any atom is 0.320 e. The molecule has 8 heteroatoms. The third-order valence-electron chi connectivity index (χ3n) is 4.81. The number of amides is 2. The summed E-state index contributed by atoms with van der Waals surface area (Å²) in [5.74, 6) is -3.43. The molecular weight excluding hydrogens is 328 g/mol. The Balaban J connectivity index is 1.71. The summed E-state index contributed by atoms with van der Waals surface area (Å²) in [6.45, 7) is 0.254. The van der Waals surface area contributed by atoms with Gasteiger partial charge in [0.1, 0.15) is 6.04 Å². The molecule has 25 heavy (non-hydrogen) atoms. The van der Waals surface area contributed by atoms with Gasteiger partial charge >= 0.3 is 11.9 Å². The standard InChI is InChI=1S/C17H18N2O6/c20-14-11-3-1-2-4-12(11)15(21)19(14)8-7-18-9-10(16(22)23)5-6-13(18)17(24)25/h1-4,10,13H,5-9H2,(H,22,23)(H,24,25). The second-order valence-electron chi connectivity index (χ2n) is 6.27. The number of likely N-dealkylation sites (tertiary alicyclic amines) is 1. The zero-order chi connectivity index (χ0) is 18.1. The fourth-order valence-electron chi connectivity index (χ4n) is 3.44. The molecule has 1 aromatic carbocycles. The highest BCUT2D eigenvalue weighted by Gasteiger charge is 2.38. The Kier molecular flexibility index (Phi) is 4.54. The minimum absolute atomic E-state index is 0.0302. The minimum atomic E-state index is -1.02. The largest absolute Gasteiger partial charge is 0.481 e. The SMILES string of the molecule is O=C(O)C1CCC(C(=O)O)N(CCN2C(=O)c3ccccc3C2=O)C1. The van der Waals surface area contributed by atoms with Crippen LogP contribution in [0.15, 0.2) is 24.3 Å². The van der Waals surface area contributed by atoms with E-state index in [-0.39, 0.29) is 26.1 Å². The zero-order valence-electron chi connectivity index (χ0n) is 13.4. The Hall–Kier alpha value is -2.74. The van der Waals surface area contributed by atoms with E-state index < -0.39 is 35.7 Å². The fourth-order valence-corrected chi connectivity index (χ4v) is 3.44. The van der Waals surface area contributed by atoms with Gasteiger partial charge in [-0.1, -0.05) is 12.1 Å². The van der Waals surface area contributed by atoms with Gasteiger partial charge in [0.15, 0.2) is 0 Å². The van der Waals surface area contributed by atoms with Gasteiger partial charge in [0, 0.05) is 19.6 Å². The molecule has 1 saturated heterocycles. The third kappa shape index (κ3) is 3.12. The zero-order valence-corrected chi connectivity index (χ0v) is 13.4. The topological polar surface area (TPSA) is 115 Å². The van der Waals surface area contributed by atoms with E-state index in [9.17, 15) is 29.4 Å². The Morgan fingerprint density at radius 2 is 1.56 bits per heavy atom. The maximum atomic E-state index is 12.3. The number of piperidine rings is 1. The van der Waals surface area contributed by atoms with Gasteiger partial charge in [-0.25, -0.2) is 0 Å². The molecule has 2 amide bonds. The van der Waals surface area contributed by atoms with Crippen LogP contribution < -0.4 is 0 Å². The van der Waals surface area contributed by atoms with Crippen LogP contribution in [0.25, 0.3) is 0 Å². The van der Waals surface area contributed by atoms with Crippen LogP contribution in [0.4, 0.5) is 0 Å². The predicted octanol–water partition coefficient (Wildman–Crippen LogP) is 0.532. The Labute approximate surface area is 143 Å². The quantitative estimate of drug-likeness (QED) is 0.747. The monoisotopic (exact) mass is 346 g/mol. The Bertz CT molecular complexity index is 711. The van der Waals surface area contributed by atoms with Crippen molar-refractivity contribution in [1.29, 1.82) is 0 Å². The minimum Gasteiger partial charge on any atom is -0.481 e. The maximum absolute atomic E-state index is 12.3. The highest BCUT2D eigenvalue weighted by atomic mass is 16.4. The first kappa shape index (κ1) is 17.1. The van der Waals surface area contributed by atoms with Crippen LogP contribution in [-0.2, 0) is 9.59 Å². The van der Waals surface area contributed by atoms with Crippen LogP contribution in [0.1, 0.15) is 33.6 Å². The number of carbonyl (C=O) groups excluding carboxylic acids is 2. The van der Waals surface area contributed by atoms with Crippen molar-refractivity contribution in [3.63, 3.8) is 0 Å². The summed E-state index contributed by atoms with van der Waals surface area (Å²) in [5.41, 5.74) is 0.675. The molecule has 3 rings (SSSR count). The first-order chi connectivity index (χ1) is 11.9. The lowest BCUT2D eigenvalue weighted by Crippen LogP contribution is -2.51. The van der Waals surface area contributed by atoms with E-state index in [1.807, 2.05) is 0 Å². The number of carboxylic acids is 2. The Morgan fingerprint density at radius 1 is 0.960 bits per heavy atom. The van der Waals surface area contributed by atoms with Crippen LogP contribution >= 0.6 is 0 Å². The number of imide groups is 1. The van der Waals surface area contributed by atoms with Crippen molar-refractivity contribution < 1.29 is 29.4 Å². The van der Waals surface area contributed by atoms with Gasteiger partial charge < -0.3 is 10.2 Å². The molecule has 2 atom stereocenters. The molecule has 8 nitrogen and oxygen atoms in total. The molecule has 0 radical (unpaired) electrons. The molecule has 0 spiro atoms. The van der Waals surface area contributed by atoms with Gasteiger partial charge in [-0.15, -0.1) is 0 Å². The number of fused-ring (bicyclic) bond motifs is 1. The Morgan fingerprint density at radius 3 is 2.08 bits per heavy atom. The summed E-state index contributed by atoms with van der Waals surface area (Å²) in [6, 6.07) is 5.71. The first-order valence-corrected chi connectivity index (χ1v) is 8.05. The van der Waals surface area contributed by atoms with E-state index in [2.05, 4.69) is 0 Å². The highest BCUT2D eigenvalue weighted by molar-refractivity contribution is 6.21. The number of aliphatic carboxylic acids is 2. The third-order valence-corrected chi connectivity index (χ3v) is 4.81. The van der Waals surface area contributed by atoms with Crippen molar-refractivity contribution in [3.05, 3.63) is 35.4 Å². The van der Waals surface area contributed by atoms with Gasteiger partial charge in [-0.3, -0.25) is 29.0 Å². The van der Waals surface area contributed by atoms with E-state index in [4.69, 9.17) is 0 Å². The molecule has 2 heterocycles. The first-order valence-electron chi connectivity index (χ1n) is 8.05. The molecule has 0 saturated carbocycles. The predicted molar refractivity (Wildman–Crippen MR) is 85.2 cm³/mol. The molecule has 2 N–H and O–H groups in total. The number of hydrogen-bond donors (Lipinski definition) is 2. The fraction of sp³-hybridized carbons (Fsp3) is 0.412. The molecule has 0 aromatic heterocycles. The van der Waals surface area contributed by atoms with E-state index in [0.29, 0.717) is 17.5 Å². The molecule has 132 valence electrons. The van der Waals surface area contributed by atoms with E-state index >= 15 is 0 Å². The average Bonchev–Trinajstić information content (AvgIpc) is 2.84. The molecule has 1 fully saturated rings. The summed E-state index contributed by atoms with van der Waals surface area (Å²) < 4.78 is 0. The van der Waals surface area contributed by atoms with Crippen LogP contribution in [0.2, 0.25) is 0 Å². The van der Waals surface area contributed by atoms with Crippen molar-refractivity contribution >= 4 is 23.8 Å². The van der Waals surface area contributed by atoms with Gasteiger partial charge in [-0.05, 0) is 25.0 Å². The summed E-state index contributed by atoms with van der Waals surface area (Å²) >= 11 is 0. The molecule has 2 aliphatic rings. The lowest BCUT2D eigenvalue weighted by atomic mass is 9.93. The molecular formula is C17H18N2O6. The van der Waals surface area contributed by atoms with Crippen molar-refractivity contribution in [2.24, 2.45) is 5.92 Å². The van der Waals surface area contributed by atoms with Crippen LogP contribution in [0.5, 0.6) is 0 Å². The van der Waals surface area contributed by atoms with Crippen molar-refractivity contribution in [2.75, 3.05) is 19.6 Å². The number of carbonyl (C=O) groups is 4.